The Balaban J connectivity index is 1.75. The predicted molar refractivity (Wildman–Crippen MR) is 90.7 cm³/mol. The van der Waals surface area contributed by atoms with E-state index in [2.05, 4.69) is 30.2 Å². The highest BCUT2D eigenvalue weighted by molar-refractivity contribution is 5.93. The van der Waals surface area contributed by atoms with Gasteiger partial charge in [0.05, 0.1) is 12.7 Å². The number of nitrogens with two attached hydrogens (primary N) is 1. The number of aliphatic hydroxyl groups is 1. The lowest BCUT2D eigenvalue weighted by Gasteiger charge is -2.54. The molecule has 1 aromatic rings. The second-order valence-electron chi connectivity index (χ2n) is 7.69. The molecule has 0 saturated heterocycles. The van der Waals surface area contributed by atoms with Gasteiger partial charge in [0.1, 0.15) is 5.75 Å². The van der Waals surface area contributed by atoms with Crippen molar-refractivity contribution in [2.24, 2.45) is 22.3 Å². The van der Waals surface area contributed by atoms with Gasteiger partial charge in [-0.15, -0.1) is 0 Å². The Hall–Kier alpha value is -1.55. The number of ether oxygens (including phenoxy) is 1. The molecule has 4 nitrogen and oxygen atoms in total. The lowest BCUT2D eigenvalue weighted by atomic mass is 9.53. The molecule has 4 heteroatoms. The zero-order valence-electron chi connectivity index (χ0n) is 14.0. The highest BCUT2D eigenvalue weighted by atomic mass is 16.5. The number of hydrazone groups is 1. The van der Waals surface area contributed by atoms with Crippen LogP contribution >= 0.6 is 0 Å². The van der Waals surface area contributed by atoms with Crippen molar-refractivity contribution in [3.8, 4) is 5.75 Å². The molecule has 3 aliphatic carbocycles. The Labute approximate surface area is 137 Å². The maximum atomic E-state index is 11.6. The predicted octanol–water partition coefficient (Wildman–Crippen LogP) is 2.98. The molecule has 0 radical (unpaired) electrons. The molecule has 4 rings (SSSR count). The molecule has 2 saturated carbocycles. The van der Waals surface area contributed by atoms with Crippen LogP contribution in [0.15, 0.2) is 23.3 Å². The summed E-state index contributed by atoms with van der Waals surface area (Å²) < 4.78 is 5.37. The highest BCUT2D eigenvalue weighted by Gasteiger charge is 2.63. The van der Waals surface area contributed by atoms with E-state index in [0.29, 0.717) is 11.8 Å². The molecule has 23 heavy (non-hydrogen) atoms. The first-order valence-corrected chi connectivity index (χ1v) is 8.70. The summed E-state index contributed by atoms with van der Waals surface area (Å²) in [6, 6.07) is 6.44. The molecule has 4 atom stereocenters. The van der Waals surface area contributed by atoms with E-state index in [1.807, 2.05) is 0 Å². The Kier molecular flexibility index (Phi) is 3.24. The largest absolute Gasteiger partial charge is 0.497 e. The summed E-state index contributed by atoms with van der Waals surface area (Å²) >= 11 is 0. The molecule has 3 aliphatic rings. The fourth-order valence-electron chi connectivity index (χ4n) is 5.66. The Bertz CT molecular complexity index is 671. The third kappa shape index (κ3) is 1.84. The van der Waals surface area contributed by atoms with E-state index >= 15 is 0 Å². The first kappa shape index (κ1) is 15.0. The van der Waals surface area contributed by atoms with Crippen LogP contribution in [-0.4, -0.2) is 23.5 Å². The van der Waals surface area contributed by atoms with Gasteiger partial charge in [-0.1, -0.05) is 13.0 Å². The lowest BCUT2D eigenvalue weighted by Crippen LogP contribution is -2.56. The van der Waals surface area contributed by atoms with Crippen molar-refractivity contribution in [2.45, 2.75) is 57.0 Å². The molecule has 3 N–H and O–H groups in total. The summed E-state index contributed by atoms with van der Waals surface area (Å²) in [5.74, 6) is 7.31. The van der Waals surface area contributed by atoms with Gasteiger partial charge in [-0.25, -0.2) is 0 Å². The molecule has 0 spiro atoms. The number of hydrogen-bond donors (Lipinski definition) is 2. The number of nitrogens with zero attached hydrogens (tertiary/aromatic N) is 1. The van der Waals surface area contributed by atoms with Gasteiger partial charge < -0.3 is 15.7 Å². The van der Waals surface area contributed by atoms with Gasteiger partial charge in [-0.3, -0.25) is 0 Å². The third-order valence-electron chi connectivity index (χ3n) is 7.02. The van der Waals surface area contributed by atoms with Crippen LogP contribution in [0, 0.1) is 11.3 Å². The normalized spacial score (nSPS) is 40.4. The maximum Gasteiger partial charge on any atom is 0.119 e. The number of hydrogen-bond acceptors (Lipinski definition) is 4. The summed E-state index contributed by atoms with van der Waals surface area (Å²) in [4.78, 5) is 0. The highest BCUT2D eigenvalue weighted by Crippen LogP contribution is 2.62. The maximum absolute atomic E-state index is 11.6. The molecule has 124 valence electrons. The van der Waals surface area contributed by atoms with Crippen LogP contribution in [0.3, 0.4) is 0 Å². The smallest absolute Gasteiger partial charge is 0.119 e. The average Bonchev–Trinajstić information content (AvgIpc) is 2.85. The zero-order chi connectivity index (χ0) is 16.2. The van der Waals surface area contributed by atoms with E-state index < -0.39 is 5.60 Å². The minimum atomic E-state index is -0.661. The van der Waals surface area contributed by atoms with Crippen LogP contribution in [0.1, 0.15) is 56.1 Å². The van der Waals surface area contributed by atoms with Gasteiger partial charge >= 0.3 is 0 Å². The Morgan fingerprint density at radius 3 is 2.83 bits per heavy atom. The molecular formula is C19H26N2O2. The van der Waals surface area contributed by atoms with Crippen molar-refractivity contribution in [3.63, 3.8) is 0 Å². The molecule has 0 amide bonds. The molecule has 0 heterocycles. The number of aryl methyl sites for hydroxylation is 1. The number of benzene rings is 1. The molecule has 0 bridgehead atoms. The molecule has 0 aromatic heterocycles. The summed E-state index contributed by atoms with van der Waals surface area (Å²) in [6.07, 6.45) is 5.75. The van der Waals surface area contributed by atoms with Crippen LogP contribution in [-0.2, 0) is 6.42 Å². The molecular weight excluding hydrogens is 288 g/mol. The second-order valence-corrected chi connectivity index (χ2v) is 7.69. The first-order chi connectivity index (χ1) is 11.0. The van der Waals surface area contributed by atoms with Crippen molar-refractivity contribution in [3.05, 3.63) is 29.3 Å². The summed E-state index contributed by atoms with van der Waals surface area (Å²) in [5, 5.41) is 15.7. The van der Waals surface area contributed by atoms with E-state index in [0.717, 1.165) is 50.0 Å². The Morgan fingerprint density at radius 2 is 2.09 bits per heavy atom. The van der Waals surface area contributed by atoms with Gasteiger partial charge in [0.25, 0.3) is 0 Å². The number of methoxy groups -OCH3 is 1. The van der Waals surface area contributed by atoms with Crippen LogP contribution < -0.4 is 10.6 Å². The van der Waals surface area contributed by atoms with E-state index in [1.165, 1.54) is 11.1 Å². The van der Waals surface area contributed by atoms with Gasteiger partial charge in [-0.05, 0) is 73.6 Å². The fraction of sp³-hybridized carbons (Fsp3) is 0.632. The van der Waals surface area contributed by atoms with E-state index in [1.54, 1.807) is 7.11 Å². The van der Waals surface area contributed by atoms with Crippen molar-refractivity contribution >= 4 is 5.71 Å². The SMILES string of the molecule is COc1ccc2c(c1)CC[C@@H]1[C@@H]2CC[C@]2(C)C(=NN)CC[C@@]12O. The molecule has 2 fully saturated rings. The van der Waals surface area contributed by atoms with Gasteiger partial charge in [-0.2, -0.15) is 5.10 Å². The number of rotatable bonds is 1. The monoisotopic (exact) mass is 314 g/mol. The summed E-state index contributed by atoms with van der Waals surface area (Å²) in [7, 11) is 1.72. The van der Waals surface area contributed by atoms with Crippen molar-refractivity contribution in [2.75, 3.05) is 7.11 Å². The molecule has 0 aliphatic heterocycles. The van der Waals surface area contributed by atoms with Crippen LogP contribution in [0.4, 0.5) is 0 Å². The summed E-state index contributed by atoms with van der Waals surface area (Å²) in [5.41, 5.74) is 2.91. The van der Waals surface area contributed by atoms with Gasteiger partial charge in [0, 0.05) is 11.1 Å². The number of fused-ring (bicyclic) bond motifs is 5. The topological polar surface area (TPSA) is 67.8 Å². The quantitative estimate of drug-likeness (QED) is 0.618. The van der Waals surface area contributed by atoms with E-state index in [-0.39, 0.29) is 5.41 Å². The molecule has 0 unspecified atom stereocenters. The van der Waals surface area contributed by atoms with Crippen LogP contribution in [0.5, 0.6) is 5.75 Å². The van der Waals surface area contributed by atoms with Crippen molar-refractivity contribution in [1.82, 2.24) is 0 Å². The van der Waals surface area contributed by atoms with E-state index in [9.17, 15) is 5.11 Å². The van der Waals surface area contributed by atoms with E-state index in [4.69, 9.17) is 10.6 Å². The average molecular weight is 314 g/mol. The zero-order valence-corrected chi connectivity index (χ0v) is 14.0. The van der Waals surface area contributed by atoms with Crippen molar-refractivity contribution in [1.29, 1.82) is 0 Å². The van der Waals surface area contributed by atoms with Crippen LogP contribution in [0.2, 0.25) is 0 Å². The standard InChI is InChI=1S/C19H26N2O2/c1-18-9-7-15-14-5-4-13(23-2)11-12(14)3-6-16(15)19(18,22)10-8-17(18)21-20/h4-5,11,15-16,22H,3,6-10,20H2,1-2H3/t15-,16-,18-,19-/m1/s1. The fourth-order valence-corrected chi connectivity index (χ4v) is 5.66. The lowest BCUT2D eigenvalue weighted by molar-refractivity contribution is -0.119. The van der Waals surface area contributed by atoms with Crippen molar-refractivity contribution < 1.29 is 9.84 Å². The van der Waals surface area contributed by atoms with Gasteiger partial charge in [0.2, 0.25) is 0 Å². The minimum absolute atomic E-state index is 0.243. The van der Waals surface area contributed by atoms with Gasteiger partial charge in [0.15, 0.2) is 0 Å². The third-order valence-corrected chi connectivity index (χ3v) is 7.02. The summed E-state index contributed by atoms with van der Waals surface area (Å²) in [6.45, 7) is 2.17. The minimum Gasteiger partial charge on any atom is -0.497 e. The van der Waals surface area contributed by atoms with Crippen LogP contribution in [0.25, 0.3) is 0 Å². The Morgan fingerprint density at radius 1 is 1.26 bits per heavy atom. The first-order valence-electron chi connectivity index (χ1n) is 8.70. The molecule has 1 aromatic carbocycles. The second kappa shape index (κ2) is 4.97.